The van der Waals surface area contributed by atoms with E-state index >= 15 is 0 Å². The average Bonchev–Trinajstić information content (AvgIpc) is 2.59. The minimum Gasteiger partial charge on any atom is -0.477 e. The van der Waals surface area contributed by atoms with E-state index in [0.717, 1.165) is 48.1 Å². The van der Waals surface area contributed by atoms with Crippen molar-refractivity contribution in [1.29, 1.82) is 0 Å². The van der Waals surface area contributed by atoms with E-state index in [1.807, 2.05) is 6.92 Å². The van der Waals surface area contributed by atoms with Crippen LogP contribution < -0.4 is 5.32 Å². The minimum absolute atomic E-state index is 0.162. The molecule has 0 unspecified atom stereocenters. The Morgan fingerprint density at radius 3 is 2.50 bits per heavy atom. The standard InChI is InChI=1S/C19H19FN2O2/c1-10-2-7-13(20)14(8-10)22-15-9-21-18(19(23)24)17-12-5-3-11(4-6-12)16(15)17/h2,7-9,11-12,22H,3-6H2,1H3,(H,23,24). The van der Waals surface area contributed by atoms with Crippen LogP contribution in [0, 0.1) is 12.7 Å². The summed E-state index contributed by atoms with van der Waals surface area (Å²) < 4.78 is 14.1. The van der Waals surface area contributed by atoms with Crippen molar-refractivity contribution in [3.63, 3.8) is 0 Å². The molecule has 0 aliphatic heterocycles. The van der Waals surface area contributed by atoms with Gasteiger partial charge in [-0.1, -0.05) is 6.07 Å². The maximum absolute atomic E-state index is 14.1. The van der Waals surface area contributed by atoms with Crippen LogP contribution in [0.2, 0.25) is 0 Å². The number of fused-ring (bicyclic) bond motifs is 2. The number of hydrogen-bond acceptors (Lipinski definition) is 3. The second-order valence-corrected chi connectivity index (χ2v) is 6.81. The van der Waals surface area contributed by atoms with Crippen LogP contribution in [0.3, 0.4) is 0 Å². The fraction of sp³-hybridized carbons (Fsp3) is 0.368. The van der Waals surface area contributed by atoms with Crippen LogP contribution in [0.1, 0.15) is 64.7 Å². The van der Waals surface area contributed by atoms with E-state index < -0.39 is 5.97 Å². The van der Waals surface area contributed by atoms with E-state index in [0.29, 0.717) is 11.6 Å². The molecule has 1 heterocycles. The smallest absolute Gasteiger partial charge is 0.354 e. The van der Waals surface area contributed by atoms with E-state index in [-0.39, 0.29) is 17.4 Å². The van der Waals surface area contributed by atoms with Crippen molar-refractivity contribution in [3.8, 4) is 0 Å². The number of rotatable bonds is 3. The highest BCUT2D eigenvalue weighted by Crippen LogP contribution is 2.52. The second-order valence-electron chi connectivity index (χ2n) is 6.81. The zero-order valence-corrected chi connectivity index (χ0v) is 13.5. The molecule has 1 aromatic carbocycles. The molecule has 124 valence electrons. The fourth-order valence-electron chi connectivity index (χ4n) is 4.21. The summed E-state index contributed by atoms with van der Waals surface area (Å²) >= 11 is 0. The monoisotopic (exact) mass is 326 g/mol. The van der Waals surface area contributed by atoms with Crippen LogP contribution in [-0.4, -0.2) is 16.1 Å². The van der Waals surface area contributed by atoms with E-state index in [1.54, 1.807) is 18.3 Å². The molecule has 0 saturated heterocycles. The largest absolute Gasteiger partial charge is 0.477 e. The zero-order valence-electron chi connectivity index (χ0n) is 13.5. The maximum Gasteiger partial charge on any atom is 0.354 e. The van der Waals surface area contributed by atoms with Gasteiger partial charge in [0.15, 0.2) is 5.69 Å². The summed E-state index contributed by atoms with van der Waals surface area (Å²) in [5.41, 5.74) is 4.17. The van der Waals surface area contributed by atoms with Gasteiger partial charge in [-0.2, -0.15) is 0 Å². The van der Waals surface area contributed by atoms with Crippen LogP contribution in [0.5, 0.6) is 0 Å². The Balaban J connectivity index is 1.84. The number of aryl methyl sites for hydroxylation is 1. The molecule has 0 spiro atoms. The van der Waals surface area contributed by atoms with Crippen LogP contribution in [0.25, 0.3) is 0 Å². The Kier molecular flexibility index (Phi) is 3.52. The molecular formula is C19H19FN2O2. The van der Waals surface area contributed by atoms with Gasteiger partial charge in [-0.15, -0.1) is 0 Å². The van der Waals surface area contributed by atoms with E-state index in [9.17, 15) is 14.3 Å². The highest BCUT2D eigenvalue weighted by Gasteiger charge is 2.38. The summed E-state index contributed by atoms with van der Waals surface area (Å²) in [5.74, 6) is -0.709. The number of nitrogens with zero attached hydrogens (tertiary/aromatic N) is 1. The Bertz CT molecular complexity index is 826. The predicted molar refractivity (Wildman–Crippen MR) is 89.6 cm³/mol. The Hall–Kier alpha value is -2.43. The first-order chi connectivity index (χ1) is 11.5. The summed E-state index contributed by atoms with van der Waals surface area (Å²) in [6.45, 7) is 1.91. The van der Waals surface area contributed by atoms with Crippen molar-refractivity contribution in [2.45, 2.75) is 44.4 Å². The molecule has 3 aliphatic carbocycles. The molecule has 1 aromatic heterocycles. The molecular weight excluding hydrogens is 307 g/mol. The summed E-state index contributed by atoms with van der Waals surface area (Å²) in [5, 5.41) is 12.6. The van der Waals surface area contributed by atoms with Crippen molar-refractivity contribution < 1.29 is 14.3 Å². The lowest BCUT2D eigenvalue weighted by molar-refractivity contribution is 0.0687. The van der Waals surface area contributed by atoms with Crippen molar-refractivity contribution in [1.82, 2.24) is 4.98 Å². The number of nitrogens with one attached hydrogen (secondary N) is 1. The van der Waals surface area contributed by atoms with Gasteiger partial charge in [-0.3, -0.25) is 0 Å². The quantitative estimate of drug-likeness (QED) is 0.856. The van der Waals surface area contributed by atoms with Crippen molar-refractivity contribution in [2.24, 2.45) is 0 Å². The molecule has 0 radical (unpaired) electrons. The van der Waals surface area contributed by atoms with E-state index in [2.05, 4.69) is 10.3 Å². The summed E-state index contributed by atoms with van der Waals surface area (Å²) in [6, 6.07) is 4.92. The molecule has 2 N–H and O–H groups in total. The molecule has 0 atom stereocenters. The van der Waals surface area contributed by atoms with Gasteiger partial charge in [0.05, 0.1) is 17.6 Å². The third-order valence-electron chi connectivity index (χ3n) is 5.30. The topological polar surface area (TPSA) is 62.2 Å². The number of hydrogen-bond donors (Lipinski definition) is 2. The number of carboxylic acid groups (broad SMARTS) is 1. The van der Waals surface area contributed by atoms with Crippen molar-refractivity contribution in [3.05, 3.63) is 52.6 Å². The van der Waals surface area contributed by atoms with E-state index in [1.165, 1.54) is 6.07 Å². The number of aromatic carboxylic acids is 1. The molecule has 2 aromatic rings. The number of benzene rings is 1. The number of anilines is 2. The number of halogens is 1. The lowest BCUT2D eigenvalue weighted by Crippen LogP contribution is -2.26. The minimum atomic E-state index is -0.980. The number of pyridine rings is 1. The molecule has 1 fully saturated rings. The molecule has 3 aliphatic rings. The van der Waals surface area contributed by atoms with Gasteiger partial charge in [0, 0.05) is 0 Å². The van der Waals surface area contributed by atoms with Crippen LogP contribution in [-0.2, 0) is 0 Å². The first-order valence-electron chi connectivity index (χ1n) is 8.34. The average molecular weight is 326 g/mol. The van der Waals surface area contributed by atoms with Crippen LogP contribution in [0.15, 0.2) is 24.4 Å². The van der Waals surface area contributed by atoms with Gasteiger partial charge in [0.1, 0.15) is 5.82 Å². The normalized spacial score (nSPS) is 21.4. The van der Waals surface area contributed by atoms with E-state index in [4.69, 9.17) is 0 Å². The summed E-state index contributed by atoms with van der Waals surface area (Å²) in [7, 11) is 0. The first-order valence-corrected chi connectivity index (χ1v) is 8.34. The molecule has 5 heteroatoms. The number of aromatic nitrogens is 1. The highest BCUT2D eigenvalue weighted by molar-refractivity contribution is 5.89. The van der Waals surface area contributed by atoms with Crippen molar-refractivity contribution in [2.75, 3.05) is 5.32 Å². The first kappa shape index (κ1) is 15.1. The number of carbonyl (C=O) groups is 1. The SMILES string of the molecule is Cc1ccc(F)c(Nc2cnc(C(=O)O)c3c2C2CCC3CC2)c1. The van der Waals surface area contributed by atoms with Gasteiger partial charge >= 0.3 is 5.97 Å². The fourth-order valence-corrected chi connectivity index (χ4v) is 4.21. The Morgan fingerprint density at radius 1 is 1.17 bits per heavy atom. The summed E-state index contributed by atoms with van der Waals surface area (Å²) in [4.78, 5) is 15.7. The molecule has 4 nitrogen and oxygen atoms in total. The second kappa shape index (κ2) is 5.58. The lowest BCUT2D eigenvalue weighted by atomic mass is 9.66. The third kappa shape index (κ3) is 2.35. The van der Waals surface area contributed by atoms with Gasteiger partial charge in [0.2, 0.25) is 0 Å². The molecule has 0 amide bonds. The zero-order chi connectivity index (χ0) is 16.8. The highest BCUT2D eigenvalue weighted by atomic mass is 19.1. The van der Waals surface area contributed by atoms with Crippen LogP contribution in [0.4, 0.5) is 15.8 Å². The molecule has 24 heavy (non-hydrogen) atoms. The Morgan fingerprint density at radius 2 is 1.83 bits per heavy atom. The Labute approximate surface area is 139 Å². The summed E-state index contributed by atoms with van der Waals surface area (Å²) in [6.07, 6.45) is 5.70. The maximum atomic E-state index is 14.1. The van der Waals surface area contributed by atoms with Crippen LogP contribution >= 0.6 is 0 Å². The van der Waals surface area contributed by atoms with Gasteiger partial charge < -0.3 is 10.4 Å². The third-order valence-corrected chi connectivity index (χ3v) is 5.30. The van der Waals surface area contributed by atoms with Crippen molar-refractivity contribution >= 4 is 17.3 Å². The van der Waals surface area contributed by atoms with Gasteiger partial charge in [-0.05, 0) is 73.3 Å². The van der Waals surface area contributed by atoms with Gasteiger partial charge in [0.25, 0.3) is 0 Å². The number of carboxylic acids is 1. The lowest BCUT2D eigenvalue weighted by Gasteiger charge is -2.39. The van der Waals surface area contributed by atoms with Gasteiger partial charge in [-0.25, -0.2) is 14.2 Å². The predicted octanol–water partition coefficient (Wildman–Crippen LogP) is 4.73. The molecule has 1 saturated carbocycles. The molecule has 5 rings (SSSR count). The molecule has 2 bridgehead atoms.